The Labute approximate surface area is 158 Å². The van der Waals surface area contributed by atoms with Crippen LogP contribution >= 0.6 is 11.3 Å². The van der Waals surface area contributed by atoms with Gasteiger partial charge in [-0.15, -0.1) is 11.3 Å². The molecule has 0 saturated carbocycles. The number of rotatable bonds is 4. The third kappa shape index (κ3) is 3.40. The van der Waals surface area contributed by atoms with Gasteiger partial charge in [0.25, 0.3) is 0 Å². The van der Waals surface area contributed by atoms with Crippen LogP contribution in [0.2, 0.25) is 0 Å². The van der Waals surface area contributed by atoms with E-state index in [1.807, 2.05) is 48.7 Å². The number of hydrogen-bond acceptors (Lipinski definition) is 6. The molecule has 2 N–H and O–H groups in total. The Kier molecular flexibility index (Phi) is 4.34. The summed E-state index contributed by atoms with van der Waals surface area (Å²) < 4.78 is 0. The average Bonchev–Trinajstić information content (AvgIpc) is 3.35. The maximum Gasteiger partial charge on any atom is 0.346 e. The van der Waals surface area contributed by atoms with Crippen molar-refractivity contribution in [3.8, 4) is 6.07 Å². The zero-order chi connectivity index (χ0) is 18.8. The molecule has 1 aliphatic rings. The first-order valence-electron chi connectivity index (χ1n) is 8.02. The summed E-state index contributed by atoms with van der Waals surface area (Å²) in [7, 11) is 0. The highest BCUT2D eigenvalue weighted by Gasteiger charge is 2.18. The summed E-state index contributed by atoms with van der Waals surface area (Å²) in [4.78, 5) is 18.0. The highest BCUT2D eigenvalue weighted by atomic mass is 32.1. The van der Waals surface area contributed by atoms with Crippen molar-refractivity contribution >= 4 is 45.5 Å². The Morgan fingerprint density at radius 1 is 1.19 bits per heavy atom. The molecule has 0 amide bonds. The number of fused-ring (bicyclic) bond motifs is 1. The van der Waals surface area contributed by atoms with E-state index in [1.165, 1.54) is 17.4 Å². The summed E-state index contributed by atoms with van der Waals surface area (Å²) in [5, 5.41) is 21.7. The number of nitriles is 1. The fraction of sp³-hybridized carbons (Fsp3) is 0. The number of nitrogens with zero attached hydrogens (tertiary/aromatic N) is 2. The maximum absolute atomic E-state index is 11.0. The molecule has 0 bridgehead atoms. The first-order valence-corrected chi connectivity index (χ1v) is 8.84. The molecule has 0 radical (unpaired) electrons. The highest BCUT2D eigenvalue weighted by molar-refractivity contribution is 7.14. The summed E-state index contributed by atoms with van der Waals surface area (Å²) in [5.41, 5.74) is 4.20. The lowest BCUT2D eigenvalue weighted by atomic mass is 10.1. The van der Waals surface area contributed by atoms with E-state index in [0.29, 0.717) is 4.88 Å². The Bertz CT molecular complexity index is 1140. The van der Waals surface area contributed by atoms with Crippen LogP contribution in [0.3, 0.4) is 0 Å². The van der Waals surface area contributed by atoms with Crippen molar-refractivity contribution in [3.05, 3.63) is 76.1 Å². The van der Waals surface area contributed by atoms with Gasteiger partial charge in [-0.05, 0) is 41.1 Å². The maximum atomic E-state index is 11.0. The minimum Gasteiger partial charge on any atom is -0.477 e. The van der Waals surface area contributed by atoms with Gasteiger partial charge in [0.1, 0.15) is 11.6 Å². The summed E-state index contributed by atoms with van der Waals surface area (Å²) in [5.74, 6) is -1.24. The van der Waals surface area contributed by atoms with E-state index >= 15 is 0 Å². The van der Waals surface area contributed by atoms with Crippen molar-refractivity contribution in [2.24, 2.45) is 0 Å². The molecule has 0 unspecified atom stereocenters. The molecule has 2 aromatic carbocycles. The molecule has 3 aromatic rings. The minimum atomic E-state index is -1.24. The lowest BCUT2D eigenvalue weighted by Crippen LogP contribution is -2.16. The second kappa shape index (κ2) is 6.96. The number of hydroxylamine groups is 2. The van der Waals surface area contributed by atoms with Gasteiger partial charge in [0.15, 0.2) is 0 Å². The molecule has 0 aliphatic carbocycles. The third-order valence-electron chi connectivity index (χ3n) is 4.02. The second-order valence-electron chi connectivity index (χ2n) is 5.77. The quantitative estimate of drug-likeness (QED) is 0.526. The normalized spacial score (nSPS) is 14.0. The van der Waals surface area contributed by atoms with Crippen LogP contribution in [0.4, 0.5) is 5.69 Å². The van der Waals surface area contributed by atoms with Gasteiger partial charge in [-0.25, -0.2) is 15.3 Å². The predicted octanol–water partition coefficient (Wildman–Crippen LogP) is 4.15. The van der Waals surface area contributed by atoms with E-state index in [1.54, 1.807) is 17.2 Å². The first-order chi connectivity index (χ1) is 13.1. The second-order valence-corrected chi connectivity index (χ2v) is 6.89. The number of aliphatic carboxylic acids is 1. The number of thiophene rings is 1. The Hall–Kier alpha value is -3.60. The van der Waals surface area contributed by atoms with Gasteiger partial charge in [0.2, 0.25) is 0 Å². The lowest BCUT2D eigenvalue weighted by Gasteiger charge is -2.13. The number of carbonyl (C=O) groups is 1. The van der Waals surface area contributed by atoms with Gasteiger partial charge in [-0.1, -0.05) is 30.3 Å². The van der Waals surface area contributed by atoms with E-state index in [2.05, 4.69) is 11.5 Å². The van der Waals surface area contributed by atoms with E-state index in [0.717, 1.165) is 27.0 Å². The number of carboxylic acid groups (broad SMARTS) is 1. The SMILES string of the molecule is N#C/C(=C\c1ccc(C2=CN(c3ccc4ccccc4c3)ON2)s1)C(=O)O. The summed E-state index contributed by atoms with van der Waals surface area (Å²) in [6.45, 7) is 0. The Morgan fingerprint density at radius 2 is 2.00 bits per heavy atom. The molecule has 27 heavy (non-hydrogen) atoms. The van der Waals surface area contributed by atoms with Crippen molar-refractivity contribution in [3.63, 3.8) is 0 Å². The molecular formula is C20H13N3O3S. The van der Waals surface area contributed by atoms with Crippen molar-refractivity contribution in [1.82, 2.24) is 5.48 Å². The monoisotopic (exact) mass is 375 g/mol. The molecule has 0 atom stereocenters. The molecule has 6 nitrogen and oxygen atoms in total. The molecule has 1 aromatic heterocycles. The summed E-state index contributed by atoms with van der Waals surface area (Å²) in [6, 6.07) is 19.4. The number of benzene rings is 2. The van der Waals surface area contributed by atoms with E-state index in [4.69, 9.17) is 15.3 Å². The fourth-order valence-corrected chi connectivity index (χ4v) is 3.59. The van der Waals surface area contributed by atoms with Crippen LogP contribution in [0.5, 0.6) is 0 Å². The zero-order valence-corrected chi connectivity index (χ0v) is 14.7. The summed E-state index contributed by atoms with van der Waals surface area (Å²) >= 11 is 1.36. The van der Waals surface area contributed by atoms with Crippen LogP contribution in [0.25, 0.3) is 22.5 Å². The van der Waals surface area contributed by atoms with E-state index in [9.17, 15) is 4.79 Å². The first kappa shape index (κ1) is 16.8. The summed E-state index contributed by atoms with van der Waals surface area (Å²) in [6.07, 6.45) is 3.18. The molecule has 0 fully saturated rings. The van der Waals surface area contributed by atoms with Crippen molar-refractivity contribution in [1.29, 1.82) is 5.26 Å². The van der Waals surface area contributed by atoms with Crippen molar-refractivity contribution in [2.45, 2.75) is 0 Å². The number of hydrogen-bond donors (Lipinski definition) is 2. The highest BCUT2D eigenvalue weighted by Crippen LogP contribution is 2.30. The topological polar surface area (TPSA) is 85.6 Å². The fourth-order valence-electron chi connectivity index (χ4n) is 2.68. The molecule has 7 heteroatoms. The molecule has 1 aliphatic heterocycles. The van der Waals surface area contributed by atoms with Gasteiger partial charge in [-0.2, -0.15) is 10.2 Å². The average molecular weight is 375 g/mol. The molecule has 4 rings (SSSR count). The number of carboxylic acids is 1. The molecule has 132 valence electrons. The largest absolute Gasteiger partial charge is 0.477 e. The molecule has 0 saturated heterocycles. The van der Waals surface area contributed by atoms with Crippen LogP contribution in [-0.4, -0.2) is 11.1 Å². The molecule has 2 heterocycles. The van der Waals surface area contributed by atoms with Crippen LogP contribution in [0.15, 0.2) is 66.4 Å². The van der Waals surface area contributed by atoms with Gasteiger partial charge >= 0.3 is 5.97 Å². The van der Waals surface area contributed by atoms with E-state index < -0.39 is 5.97 Å². The Balaban J connectivity index is 1.59. The third-order valence-corrected chi connectivity index (χ3v) is 5.08. The standard InChI is InChI=1S/C20H13N3O3S/c21-11-15(20(24)25)10-17-7-8-19(27-17)18-12-23(26-22-18)16-6-5-13-3-1-2-4-14(13)9-16/h1-10,12,22H,(H,24,25)/b15-10+. The smallest absolute Gasteiger partial charge is 0.346 e. The van der Waals surface area contributed by atoms with Crippen molar-refractivity contribution in [2.75, 3.05) is 5.06 Å². The minimum absolute atomic E-state index is 0.300. The number of anilines is 1. The lowest BCUT2D eigenvalue weighted by molar-refractivity contribution is -0.132. The zero-order valence-electron chi connectivity index (χ0n) is 13.9. The van der Waals surface area contributed by atoms with Gasteiger partial charge < -0.3 is 5.11 Å². The van der Waals surface area contributed by atoms with Gasteiger partial charge in [-0.3, -0.25) is 0 Å². The van der Waals surface area contributed by atoms with Crippen LogP contribution < -0.4 is 10.5 Å². The van der Waals surface area contributed by atoms with Crippen LogP contribution in [-0.2, 0) is 9.73 Å². The van der Waals surface area contributed by atoms with Gasteiger partial charge in [0, 0.05) is 4.88 Å². The Morgan fingerprint density at radius 3 is 2.78 bits per heavy atom. The van der Waals surface area contributed by atoms with Crippen LogP contribution in [0, 0.1) is 11.3 Å². The van der Waals surface area contributed by atoms with Crippen molar-refractivity contribution < 1.29 is 14.8 Å². The molecule has 0 spiro atoms. The number of nitrogens with one attached hydrogen (secondary N) is 1. The van der Waals surface area contributed by atoms with Gasteiger partial charge in [0.05, 0.1) is 22.5 Å². The van der Waals surface area contributed by atoms with Crippen LogP contribution in [0.1, 0.15) is 9.75 Å². The predicted molar refractivity (Wildman–Crippen MR) is 104 cm³/mol. The van der Waals surface area contributed by atoms with E-state index in [-0.39, 0.29) is 5.57 Å². The molecular weight excluding hydrogens is 362 g/mol.